The monoisotopic (exact) mass is 204 g/mol. The molecule has 0 bridgehead atoms. The van der Waals surface area contributed by atoms with E-state index < -0.39 is 0 Å². The second kappa shape index (κ2) is 3.73. The van der Waals surface area contributed by atoms with Gasteiger partial charge in [-0.2, -0.15) is 0 Å². The molecule has 0 aliphatic heterocycles. The van der Waals surface area contributed by atoms with E-state index in [1.165, 1.54) is 0 Å². The molecule has 4 nitrogen and oxygen atoms in total. The van der Waals surface area contributed by atoms with Gasteiger partial charge in [0.05, 0.1) is 11.8 Å². The number of furan rings is 1. The van der Waals surface area contributed by atoms with Crippen molar-refractivity contribution in [3.8, 4) is 11.4 Å². The molecule has 2 aromatic rings. The van der Waals surface area contributed by atoms with Crippen molar-refractivity contribution >= 4 is 0 Å². The molecule has 0 saturated carbocycles. The lowest BCUT2D eigenvalue weighted by atomic mass is 10.2. The lowest BCUT2D eigenvalue weighted by Gasteiger charge is -2.03. The maximum atomic E-state index is 11.7. The maximum absolute atomic E-state index is 11.7. The highest BCUT2D eigenvalue weighted by atomic mass is 16.3. The van der Waals surface area contributed by atoms with Crippen molar-refractivity contribution in [1.82, 2.24) is 9.97 Å². The number of nitrogens with zero attached hydrogens (tertiary/aromatic N) is 1. The molecule has 0 amide bonds. The Balaban J connectivity index is 2.58. The molecule has 0 aliphatic rings. The van der Waals surface area contributed by atoms with E-state index >= 15 is 0 Å². The average Bonchev–Trinajstić information content (AvgIpc) is 2.69. The first-order valence-electron chi connectivity index (χ1n) is 4.84. The van der Waals surface area contributed by atoms with Crippen LogP contribution in [0.15, 0.2) is 27.8 Å². The van der Waals surface area contributed by atoms with Crippen LogP contribution < -0.4 is 5.56 Å². The Morgan fingerprint density at radius 3 is 2.87 bits per heavy atom. The summed E-state index contributed by atoms with van der Waals surface area (Å²) in [5.74, 6) is 0.559. The lowest BCUT2D eigenvalue weighted by Crippen LogP contribution is -2.16. The molecule has 0 aliphatic carbocycles. The topological polar surface area (TPSA) is 58.9 Å². The van der Waals surface area contributed by atoms with Crippen LogP contribution in [0.3, 0.4) is 0 Å². The minimum atomic E-state index is -0.0683. The average molecular weight is 204 g/mol. The van der Waals surface area contributed by atoms with Gasteiger partial charge in [-0.05, 0) is 19.4 Å². The Kier molecular flexibility index (Phi) is 2.41. The van der Waals surface area contributed by atoms with Gasteiger partial charge in [-0.15, -0.1) is 0 Å². The molecular weight excluding hydrogens is 192 g/mol. The Hall–Kier alpha value is -1.84. The van der Waals surface area contributed by atoms with E-state index in [0.29, 0.717) is 12.2 Å². The fourth-order valence-corrected chi connectivity index (χ4v) is 1.56. The molecule has 2 rings (SSSR count). The molecule has 2 heterocycles. The minimum Gasteiger partial charge on any atom is -0.472 e. The van der Waals surface area contributed by atoms with E-state index in [1.54, 1.807) is 18.6 Å². The molecule has 78 valence electrons. The number of nitrogens with one attached hydrogen (secondary N) is 1. The van der Waals surface area contributed by atoms with Crippen LogP contribution >= 0.6 is 0 Å². The Morgan fingerprint density at radius 1 is 1.53 bits per heavy atom. The fraction of sp³-hybridized carbons (Fsp3) is 0.273. The minimum absolute atomic E-state index is 0.0683. The number of aromatic nitrogens is 2. The number of aromatic amines is 1. The van der Waals surface area contributed by atoms with Gasteiger partial charge in [-0.1, -0.05) is 6.92 Å². The van der Waals surface area contributed by atoms with Crippen LogP contribution in [0.4, 0.5) is 0 Å². The predicted octanol–water partition coefficient (Wildman–Crippen LogP) is 1.90. The van der Waals surface area contributed by atoms with Gasteiger partial charge in [0.2, 0.25) is 0 Å². The van der Waals surface area contributed by atoms with Crippen LogP contribution in [0, 0.1) is 6.92 Å². The predicted molar refractivity (Wildman–Crippen MR) is 56.7 cm³/mol. The number of H-pyrrole nitrogens is 1. The fourth-order valence-electron chi connectivity index (χ4n) is 1.56. The van der Waals surface area contributed by atoms with E-state index in [9.17, 15) is 4.79 Å². The molecule has 0 radical (unpaired) electrons. The van der Waals surface area contributed by atoms with E-state index in [1.807, 2.05) is 13.8 Å². The molecule has 0 aromatic carbocycles. The number of rotatable bonds is 2. The zero-order valence-electron chi connectivity index (χ0n) is 8.70. The molecule has 15 heavy (non-hydrogen) atoms. The standard InChI is InChI=1S/C11H12N2O2/c1-3-9-7(2)12-10(13-11(9)14)8-4-5-15-6-8/h4-6H,3H2,1-2H3,(H,12,13,14). The van der Waals surface area contributed by atoms with Crippen molar-refractivity contribution in [2.45, 2.75) is 20.3 Å². The summed E-state index contributed by atoms with van der Waals surface area (Å²) in [5.41, 5.74) is 2.23. The van der Waals surface area contributed by atoms with Crippen LogP contribution in [-0.2, 0) is 6.42 Å². The van der Waals surface area contributed by atoms with E-state index in [0.717, 1.165) is 16.8 Å². The van der Waals surface area contributed by atoms with Gasteiger partial charge in [0.1, 0.15) is 12.1 Å². The quantitative estimate of drug-likeness (QED) is 0.812. The first-order chi connectivity index (χ1) is 7.22. The summed E-state index contributed by atoms with van der Waals surface area (Å²) in [6.07, 6.45) is 3.81. The zero-order valence-corrected chi connectivity index (χ0v) is 8.70. The molecule has 1 N–H and O–H groups in total. The smallest absolute Gasteiger partial charge is 0.254 e. The summed E-state index contributed by atoms with van der Waals surface area (Å²) < 4.78 is 4.94. The molecule has 4 heteroatoms. The molecule has 0 fully saturated rings. The van der Waals surface area contributed by atoms with Gasteiger partial charge in [-0.3, -0.25) is 4.79 Å². The van der Waals surface area contributed by atoms with Crippen molar-refractivity contribution in [3.63, 3.8) is 0 Å². The third-order valence-corrected chi connectivity index (χ3v) is 2.37. The van der Waals surface area contributed by atoms with Crippen molar-refractivity contribution in [2.24, 2.45) is 0 Å². The van der Waals surface area contributed by atoms with Crippen LogP contribution in [0.5, 0.6) is 0 Å². The Morgan fingerprint density at radius 2 is 2.33 bits per heavy atom. The normalized spacial score (nSPS) is 10.5. The van der Waals surface area contributed by atoms with Gasteiger partial charge in [0.15, 0.2) is 0 Å². The summed E-state index contributed by atoms with van der Waals surface area (Å²) >= 11 is 0. The van der Waals surface area contributed by atoms with Crippen LogP contribution in [0.1, 0.15) is 18.2 Å². The summed E-state index contributed by atoms with van der Waals surface area (Å²) in [6, 6.07) is 1.77. The molecular formula is C11H12N2O2. The van der Waals surface area contributed by atoms with Gasteiger partial charge >= 0.3 is 0 Å². The van der Waals surface area contributed by atoms with Crippen molar-refractivity contribution in [1.29, 1.82) is 0 Å². The zero-order chi connectivity index (χ0) is 10.8. The largest absolute Gasteiger partial charge is 0.472 e. The molecule has 0 spiro atoms. The van der Waals surface area contributed by atoms with Gasteiger partial charge < -0.3 is 9.40 Å². The van der Waals surface area contributed by atoms with Gasteiger partial charge in [0.25, 0.3) is 5.56 Å². The third-order valence-electron chi connectivity index (χ3n) is 2.37. The Bertz CT molecular complexity index is 512. The third kappa shape index (κ3) is 1.70. The van der Waals surface area contributed by atoms with Crippen LogP contribution in [0.25, 0.3) is 11.4 Å². The SMILES string of the molecule is CCc1c(C)nc(-c2ccoc2)[nH]c1=O. The Labute approximate surface area is 87.0 Å². The van der Waals surface area contributed by atoms with E-state index in [-0.39, 0.29) is 5.56 Å². The highest BCUT2D eigenvalue weighted by Gasteiger charge is 2.08. The summed E-state index contributed by atoms with van der Waals surface area (Å²) in [7, 11) is 0. The van der Waals surface area contributed by atoms with Crippen molar-refractivity contribution in [3.05, 3.63) is 40.2 Å². The second-order valence-electron chi connectivity index (χ2n) is 3.34. The first kappa shape index (κ1) is 9.71. The second-order valence-corrected chi connectivity index (χ2v) is 3.34. The van der Waals surface area contributed by atoms with Gasteiger partial charge in [-0.25, -0.2) is 4.98 Å². The number of hydrogen-bond acceptors (Lipinski definition) is 3. The molecule has 0 unspecified atom stereocenters. The molecule has 2 aromatic heterocycles. The lowest BCUT2D eigenvalue weighted by molar-refractivity contribution is 0.568. The number of aryl methyl sites for hydroxylation is 1. The highest BCUT2D eigenvalue weighted by Crippen LogP contribution is 2.14. The van der Waals surface area contributed by atoms with E-state index in [2.05, 4.69) is 9.97 Å². The van der Waals surface area contributed by atoms with Gasteiger partial charge in [0, 0.05) is 11.3 Å². The highest BCUT2D eigenvalue weighted by molar-refractivity contribution is 5.52. The molecule has 0 saturated heterocycles. The van der Waals surface area contributed by atoms with E-state index in [4.69, 9.17) is 4.42 Å². The maximum Gasteiger partial charge on any atom is 0.254 e. The summed E-state index contributed by atoms with van der Waals surface area (Å²) in [5, 5.41) is 0. The summed E-state index contributed by atoms with van der Waals surface area (Å²) in [6.45, 7) is 3.79. The van der Waals surface area contributed by atoms with Crippen molar-refractivity contribution in [2.75, 3.05) is 0 Å². The molecule has 0 atom stereocenters. The first-order valence-corrected chi connectivity index (χ1v) is 4.84. The summed E-state index contributed by atoms with van der Waals surface area (Å²) in [4.78, 5) is 18.7. The van der Waals surface area contributed by atoms with Crippen LogP contribution in [-0.4, -0.2) is 9.97 Å². The van der Waals surface area contributed by atoms with Crippen molar-refractivity contribution < 1.29 is 4.42 Å². The van der Waals surface area contributed by atoms with Crippen LogP contribution in [0.2, 0.25) is 0 Å². The number of hydrogen-bond donors (Lipinski definition) is 1.